The van der Waals surface area contributed by atoms with Crippen LogP contribution in [0.4, 0.5) is 5.82 Å². The quantitative estimate of drug-likeness (QED) is 0.844. The Hall–Kier alpha value is -2.11. The van der Waals surface area contributed by atoms with Crippen LogP contribution in [0.2, 0.25) is 0 Å². The number of nitrogens with zero attached hydrogens (tertiary/aromatic N) is 3. The fourth-order valence-corrected chi connectivity index (χ4v) is 3.02. The van der Waals surface area contributed by atoms with E-state index in [2.05, 4.69) is 9.97 Å². The second-order valence-electron chi connectivity index (χ2n) is 5.26. The number of aromatic nitrogens is 3. The Morgan fingerprint density at radius 3 is 2.80 bits per heavy atom. The number of hydrogen-bond acceptors (Lipinski definition) is 5. The van der Waals surface area contributed by atoms with Gasteiger partial charge in [0.2, 0.25) is 0 Å². The van der Waals surface area contributed by atoms with Gasteiger partial charge in [0, 0.05) is 18.3 Å². The van der Waals surface area contributed by atoms with E-state index in [0.29, 0.717) is 11.7 Å². The number of nitrogens with two attached hydrogens (primary N) is 1. The molecule has 106 valence electrons. The van der Waals surface area contributed by atoms with Gasteiger partial charge >= 0.3 is 5.97 Å². The summed E-state index contributed by atoms with van der Waals surface area (Å²) in [6.07, 6.45) is 8.94. The van der Waals surface area contributed by atoms with E-state index in [4.69, 9.17) is 10.5 Å². The number of fused-ring (bicyclic) bond motifs is 1. The van der Waals surface area contributed by atoms with Crippen molar-refractivity contribution in [2.75, 3.05) is 12.8 Å². The van der Waals surface area contributed by atoms with Gasteiger partial charge in [-0.05, 0) is 25.7 Å². The molecule has 2 N–H and O–H groups in total. The molecule has 1 fully saturated rings. The van der Waals surface area contributed by atoms with Crippen LogP contribution in [0.3, 0.4) is 0 Å². The van der Waals surface area contributed by atoms with Crippen LogP contribution in [0.15, 0.2) is 18.6 Å². The van der Waals surface area contributed by atoms with E-state index in [9.17, 15) is 4.79 Å². The minimum absolute atomic E-state index is 0.0363. The van der Waals surface area contributed by atoms with E-state index in [1.807, 2.05) is 10.6 Å². The number of hydrogen-bond donors (Lipinski definition) is 1. The number of carbonyl (C=O) groups is 1. The molecule has 0 amide bonds. The summed E-state index contributed by atoms with van der Waals surface area (Å²) in [6.45, 7) is 0. The Balaban J connectivity index is 1.80. The first-order chi connectivity index (χ1) is 9.70. The van der Waals surface area contributed by atoms with Crippen LogP contribution in [0, 0.1) is 5.92 Å². The van der Waals surface area contributed by atoms with Crippen molar-refractivity contribution in [3.63, 3.8) is 0 Å². The van der Waals surface area contributed by atoms with Crippen molar-refractivity contribution < 1.29 is 9.53 Å². The lowest BCUT2D eigenvalue weighted by molar-refractivity contribution is -0.146. The van der Waals surface area contributed by atoms with E-state index in [-0.39, 0.29) is 11.9 Å². The predicted molar refractivity (Wildman–Crippen MR) is 74.1 cm³/mol. The first kappa shape index (κ1) is 12.9. The minimum atomic E-state index is -0.0927. The molecule has 3 rings (SSSR count). The summed E-state index contributed by atoms with van der Waals surface area (Å²) < 4.78 is 6.82. The zero-order valence-corrected chi connectivity index (χ0v) is 11.5. The summed E-state index contributed by atoms with van der Waals surface area (Å²) in [4.78, 5) is 20.1. The summed E-state index contributed by atoms with van der Waals surface area (Å²) in [5.74, 6) is 1.81. The third-order valence-corrected chi connectivity index (χ3v) is 4.14. The summed E-state index contributed by atoms with van der Waals surface area (Å²) in [7, 11) is 1.45. The molecule has 0 aliphatic heterocycles. The highest BCUT2D eigenvalue weighted by molar-refractivity contribution is 5.72. The molecule has 0 saturated heterocycles. The van der Waals surface area contributed by atoms with Crippen molar-refractivity contribution in [2.24, 2.45) is 5.92 Å². The molecule has 1 saturated carbocycles. The smallest absolute Gasteiger partial charge is 0.308 e. The monoisotopic (exact) mass is 274 g/mol. The molecule has 1 aliphatic carbocycles. The highest BCUT2D eigenvalue weighted by Crippen LogP contribution is 2.36. The molecule has 6 heteroatoms. The first-order valence-corrected chi connectivity index (χ1v) is 6.86. The predicted octanol–water partition coefficient (Wildman–Crippen LogP) is 1.76. The average Bonchev–Trinajstić information content (AvgIpc) is 2.92. The molecule has 0 radical (unpaired) electrons. The lowest BCUT2D eigenvalue weighted by Crippen LogP contribution is -2.23. The van der Waals surface area contributed by atoms with Gasteiger partial charge in [-0.25, -0.2) is 9.97 Å². The second kappa shape index (κ2) is 5.11. The van der Waals surface area contributed by atoms with Crippen LogP contribution in [-0.2, 0) is 9.53 Å². The highest BCUT2D eigenvalue weighted by Gasteiger charge is 2.29. The Bertz CT molecular complexity index is 629. The standard InChI is InChI=1S/C14H18N4O2/c1-20-14(19)10-4-2-9(3-5-10)13-17-8-11-12(15)16-6-7-18(11)13/h6-10H,2-5H2,1H3,(H2,15,16). The number of ether oxygens (including phenoxy) is 1. The maximum Gasteiger partial charge on any atom is 0.308 e. The fourth-order valence-electron chi connectivity index (χ4n) is 3.02. The van der Waals surface area contributed by atoms with Gasteiger partial charge in [0.1, 0.15) is 17.2 Å². The molecule has 2 aromatic heterocycles. The number of carbonyl (C=O) groups excluding carboxylic acids is 1. The van der Waals surface area contributed by atoms with Gasteiger partial charge in [-0.3, -0.25) is 9.20 Å². The highest BCUT2D eigenvalue weighted by atomic mass is 16.5. The summed E-state index contributed by atoms with van der Waals surface area (Å²) in [6, 6.07) is 0. The van der Waals surface area contributed by atoms with Gasteiger partial charge in [0.15, 0.2) is 0 Å². The van der Waals surface area contributed by atoms with E-state index < -0.39 is 0 Å². The Labute approximate surface area is 117 Å². The van der Waals surface area contributed by atoms with Crippen molar-refractivity contribution in [2.45, 2.75) is 31.6 Å². The van der Waals surface area contributed by atoms with Crippen LogP contribution in [0.25, 0.3) is 5.52 Å². The molecule has 6 nitrogen and oxygen atoms in total. The van der Waals surface area contributed by atoms with Crippen molar-refractivity contribution in [1.29, 1.82) is 0 Å². The van der Waals surface area contributed by atoms with E-state index in [0.717, 1.165) is 37.0 Å². The van der Waals surface area contributed by atoms with Gasteiger partial charge in [0.25, 0.3) is 0 Å². The molecule has 1 aliphatic rings. The summed E-state index contributed by atoms with van der Waals surface area (Å²) in [5.41, 5.74) is 6.69. The van der Waals surface area contributed by atoms with Gasteiger partial charge in [-0.15, -0.1) is 0 Å². The topological polar surface area (TPSA) is 82.5 Å². The van der Waals surface area contributed by atoms with Crippen LogP contribution in [0.5, 0.6) is 0 Å². The van der Waals surface area contributed by atoms with Crippen molar-refractivity contribution in [1.82, 2.24) is 14.4 Å². The maximum absolute atomic E-state index is 11.5. The summed E-state index contributed by atoms with van der Waals surface area (Å²) in [5, 5.41) is 0. The molecule has 2 heterocycles. The average molecular weight is 274 g/mol. The van der Waals surface area contributed by atoms with Crippen molar-refractivity contribution in [3.8, 4) is 0 Å². The van der Waals surface area contributed by atoms with E-state index >= 15 is 0 Å². The Kier molecular flexibility index (Phi) is 3.30. The molecule has 0 spiro atoms. The number of anilines is 1. The largest absolute Gasteiger partial charge is 0.469 e. The molecule has 0 unspecified atom stereocenters. The SMILES string of the molecule is COC(=O)C1CCC(c2ncc3c(N)nccn23)CC1. The van der Waals surface area contributed by atoms with Crippen molar-refractivity contribution >= 4 is 17.3 Å². The second-order valence-corrected chi connectivity index (χ2v) is 5.26. The van der Waals surface area contributed by atoms with Crippen LogP contribution in [0.1, 0.15) is 37.4 Å². The number of esters is 1. The lowest BCUT2D eigenvalue weighted by atomic mass is 9.81. The molecule has 0 aromatic carbocycles. The Morgan fingerprint density at radius 2 is 2.10 bits per heavy atom. The molecule has 0 atom stereocenters. The van der Waals surface area contributed by atoms with E-state index in [1.54, 1.807) is 12.4 Å². The first-order valence-electron chi connectivity index (χ1n) is 6.86. The van der Waals surface area contributed by atoms with Gasteiger partial charge in [0.05, 0.1) is 19.2 Å². The van der Waals surface area contributed by atoms with Crippen LogP contribution in [-0.4, -0.2) is 27.4 Å². The maximum atomic E-state index is 11.5. The molecule has 20 heavy (non-hydrogen) atoms. The van der Waals surface area contributed by atoms with Gasteiger partial charge in [-0.2, -0.15) is 0 Å². The van der Waals surface area contributed by atoms with E-state index in [1.165, 1.54) is 7.11 Å². The zero-order valence-electron chi connectivity index (χ0n) is 11.5. The van der Waals surface area contributed by atoms with Crippen molar-refractivity contribution in [3.05, 3.63) is 24.4 Å². The number of methoxy groups -OCH3 is 1. The Morgan fingerprint density at radius 1 is 1.35 bits per heavy atom. The van der Waals surface area contributed by atoms with Crippen LogP contribution < -0.4 is 5.73 Å². The number of rotatable bonds is 2. The van der Waals surface area contributed by atoms with Gasteiger partial charge in [-0.1, -0.05) is 0 Å². The molecular weight excluding hydrogens is 256 g/mol. The lowest BCUT2D eigenvalue weighted by Gasteiger charge is -2.26. The molecular formula is C14H18N4O2. The molecule has 0 bridgehead atoms. The number of imidazole rings is 1. The molecule has 2 aromatic rings. The number of nitrogen functional groups attached to an aromatic ring is 1. The van der Waals surface area contributed by atoms with Crippen LogP contribution >= 0.6 is 0 Å². The summed E-state index contributed by atoms with van der Waals surface area (Å²) >= 11 is 0. The minimum Gasteiger partial charge on any atom is -0.469 e. The normalized spacial score (nSPS) is 22.9. The third-order valence-electron chi connectivity index (χ3n) is 4.14. The van der Waals surface area contributed by atoms with Gasteiger partial charge < -0.3 is 10.5 Å². The third kappa shape index (κ3) is 2.11. The fraction of sp³-hybridized carbons (Fsp3) is 0.500. The zero-order chi connectivity index (χ0) is 14.1.